The number of carbonyl (C=O) groups excluding carboxylic acids is 1. The van der Waals surface area contributed by atoms with Crippen LogP contribution in [-0.4, -0.2) is 5.78 Å². The number of ketones is 1. The lowest BCUT2D eigenvalue weighted by atomic mass is 9.81. The molecule has 1 nitrogen and oxygen atoms in total. The van der Waals surface area contributed by atoms with E-state index in [9.17, 15) is 4.79 Å². The minimum atomic E-state index is -0.251. The van der Waals surface area contributed by atoms with Crippen LogP contribution in [0.15, 0.2) is 18.2 Å². The van der Waals surface area contributed by atoms with Crippen molar-refractivity contribution in [3.63, 3.8) is 0 Å². The number of benzene rings is 1. The minimum absolute atomic E-state index is 0.251. The molecule has 0 radical (unpaired) electrons. The zero-order valence-electron chi connectivity index (χ0n) is 11.8. The smallest absolute Gasteiger partial charge is 0.168 e. The lowest BCUT2D eigenvalue weighted by Gasteiger charge is -2.21. The van der Waals surface area contributed by atoms with E-state index in [2.05, 4.69) is 32.9 Å². The van der Waals surface area contributed by atoms with Crippen LogP contribution in [0.1, 0.15) is 62.5 Å². The highest BCUT2D eigenvalue weighted by Crippen LogP contribution is 2.26. The van der Waals surface area contributed by atoms with Gasteiger partial charge in [-0.1, -0.05) is 46.8 Å². The molecule has 0 aliphatic rings. The first-order valence-corrected chi connectivity index (χ1v) is 6.62. The van der Waals surface area contributed by atoms with Gasteiger partial charge in [0.1, 0.15) is 0 Å². The highest BCUT2D eigenvalue weighted by Gasteiger charge is 2.26. The van der Waals surface area contributed by atoms with Gasteiger partial charge in [0.2, 0.25) is 0 Å². The normalized spacial score (nSPS) is 11.6. The highest BCUT2D eigenvalue weighted by atomic mass is 16.1. The Kier molecular flexibility index (Phi) is 4.50. The van der Waals surface area contributed by atoms with Crippen molar-refractivity contribution in [3.05, 3.63) is 34.9 Å². The van der Waals surface area contributed by atoms with Crippen LogP contribution in [-0.2, 0) is 12.8 Å². The molecule has 0 aromatic heterocycles. The fourth-order valence-corrected chi connectivity index (χ4v) is 1.99. The average Bonchev–Trinajstić information content (AvgIpc) is 2.36. The van der Waals surface area contributed by atoms with Gasteiger partial charge in [0.05, 0.1) is 0 Å². The van der Waals surface area contributed by atoms with Gasteiger partial charge in [0.25, 0.3) is 0 Å². The quantitative estimate of drug-likeness (QED) is 0.686. The predicted octanol–water partition coefficient (Wildman–Crippen LogP) is 4.43. The maximum absolute atomic E-state index is 12.4. The molecule has 0 saturated carbocycles. The van der Waals surface area contributed by atoms with Crippen LogP contribution in [0.2, 0.25) is 0 Å². The van der Waals surface area contributed by atoms with Gasteiger partial charge in [-0.3, -0.25) is 4.79 Å². The van der Waals surface area contributed by atoms with Crippen molar-refractivity contribution in [2.75, 3.05) is 0 Å². The summed E-state index contributed by atoms with van der Waals surface area (Å²) in [6, 6.07) is 6.17. The number of carbonyl (C=O) groups is 1. The molecule has 1 aromatic rings. The number of hydrogen-bond acceptors (Lipinski definition) is 1. The van der Waals surface area contributed by atoms with E-state index < -0.39 is 0 Å². The van der Waals surface area contributed by atoms with Crippen LogP contribution >= 0.6 is 0 Å². The van der Waals surface area contributed by atoms with Crippen molar-refractivity contribution in [2.24, 2.45) is 5.41 Å². The largest absolute Gasteiger partial charge is 0.294 e. The standard InChI is InChI=1S/C16H24O/c1-6-12-9-10-14(11-13(12)7-2)15(17)16(4,5)8-3/h9-11H,6-8H2,1-5H3. The second kappa shape index (κ2) is 5.48. The van der Waals surface area contributed by atoms with Crippen molar-refractivity contribution in [1.82, 2.24) is 0 Å². The summed E-state index contributed by atoms with van der Waals surface area (Å²) in [7, 11) is 0. The molecule has 0 saturated heterocycles. The fourth-order valence-electron chi connectivity index (χ4n) is 1.99. The molecule has 1 rings (SSSR count). The van der Waals surface area contributed by atoms with Crippen LogP contribution in [0.4, 0.5) is 0 Å². The minimum Gasteiger partial charge on any atom is -0.294 e. The van der Waals surface area contributed by atoms with Crippen LogP contribution in [0.5, 0.6) is 0 Å². The summed E-state index contributed by atoms with van der Waals surface area (Å²) in [5.41, 5.74) is 3.29. The van der Waals surface area contributed by atoms with E-state index in [1.807, 2.05) is 19.9 Å². The van der Waals surface area contributed by atoms with Gasteiger partial charge in [-0.05, 0) is 36.5 Å². The molecule has 0 fully saturated rings. The van der Waals surface area contributed by atoms with Crippen molar-refractivity contribution < 1.29 is 4.79 Å². The van der Waals surface area contributed by atoms with E-state index in [0.29, 0.717) is 0 Å². The number of aryl methyl sites for hydroxylation is 2. The van der Waals surface area contributed by atoms with Crippen LogP contribution in [0.25, 0.3) is 0 Å². The number of hydrogen-bond donors (Lipinski definition) is 0. The number of Topliss-reactive ketones (excluding diaryl/α,β-unsaturated/α-hetero) is 1. The first-order valence-electron chi connectivity index (χ1n) is 6.62. The Hall–Kier alpha value is -1.11. The van der Waals surface area contributed by atoms with Gasteiger partial charge in [-0.25, -0.2) is 0 Å². The van der Waals surface area contributed by atoms with Crippen molar-refractivity contribution in [1.29, 1.82) is 0 Å². The Bertz CT molecular complexity index is 402. The van der Waals surface area contributed by atoms with Gasteiger partial charge >= 0.3 is 0 Å². The Balaban J connectivity index is 3.12. The van der Waals surface area contributed by atoms with Gasteiger partial charge in [0, 0.05) is 11.0 Å². The molecule has 0 aliphatic carbocycles. The topological polar surface area (TPSA) is 17.1 Å². The summed E-state index contributed by atoms with van der Waals surface area (Å²) in [6.07, 6.45) is 2.91. The molecule has 0 spiro atoms. The van der Waals surface area contributed by atoms with E-state index in [-0.39, 0.29) is 11.2 Å². The monoisotopic (exact) mass is 232 g/mol. The molecule has 94 valence electrons. The summed E-state index contributed by atoms with van der Waals surface area (Å²) in [5.74, 6) is 0.261. The molecule has 0 heterocycles. The van der Waals surface area contributed by atoms with E-state index in [1.54, 1.807) is 0 Å². The lowest BCUT2D eigenvalue weighted by Crippen LogP contribution is -2.23. The Morgan fingerprint density at radius 3 is 2.12 bits per heavy atom. The molecule has 0 aliphatic heterocycles. The molecule has 0 bridgehead atoms. The summed E-state index contributed by atoms with van der Waals surface area (Å²) in [5, 5.41) is 0. The van der Waals surface area contributed by atoms with Crippen LogP contribution in [0, 0.1) is 5.41 Å². The van der Waals surface area contributed by atoms with E-state index >= 15 is 0 Å². The van der Waals surface area contributed by atoms with Gasteiger partial charge in [0.15, 0.2) is 5.78 Å². The second-order valence-electron chi connectivity index (χ2n) is 5.26. The van der Waals surface area contributed by atoms with Crippen molar-refractivity contribution in [3.8, 4) is 0 Å². The van der Waals surface area contributed by atoms with Gasteiger partial charge in [-0.15, -0.1) is 0 Å². The molecule has 0 N–H and O–H groups in total. The van der Waals surface area contributed by atoms with Crippen molar-refractivity contribution >= 4 is 5.78 Å². The van der Waals surface area contributed by atoms with E-state index in [1.165, 1.54) is 11.1 Å². The van der Waals surface area contributed by atoms with Crippen LogP contribution < -0.4 is 0 Å². The lowest BCUT2D eigenvalue weighted by molar-refractivity contribution is 0.0833. The molecule has 1 aromatic carbocycles. The molecular formula is C16H24O. The zero-order valence-corrected chi connectivity index (χ0v) is 11.8. The first-order chi connectivity index (χ1) is 7.96. The highest BCUT2D eigenvalue weighted by molar-refractivity contribution is 6.00. The molecule has 0 amide bonds. The molecule has 17 heavy (non-hydrogen) atoms. The molecule has 1 heteroatoms. The SMILES string of the molecule is CCc1ccc(C(=O)C(C)(C)CC)cc1CC. The zero-order chi connectivity index (χ0) is 13.1. The summed E-state index contributed by atoms with van der Waals surface area (Å²) in [4.78, 5) is 12.4. The van der Waals surface area contributed by atoms with Crippen molar-refractivity contribution in [2.45, 2.75) is 53.9 Å². The van der Waals surface area contributed by atoms with E-state index in [0.717, 1.165) is 24.8 Å². The summed E-state index contributed by atoms with van der Waals surface area (Å²) < 4.78 is 0. The molecule has 0 unspecified atom stereocenters. The third kappa shape index (κ3) is 2.96. The molecule has 0 atom stereocenters. The Morgan fingerprint density at radius 2 is 1.65 bits per heavy atom. The summed E-state index contributed by atoms with van der Waals surface area (Å²) in [6.45, 7) is 10.4. The third-order valence-electron chi connectivity index (χ3n) is 3.73. The maximum atomic E-state index is 12.4. The summed E-state index contributed by atoms with van der Waals surface area (Å²) >= 11 is 0. The van der Waals surface area contributed by atoms with E-state index in [4.69, 9.17) is 0 Å². The average molecular weight is 232 g/mol. The molecular weight excluding hydrogens is 208 g/mol. The maximum Gasteiger partial charge on any atom is 0.168 e. The van der Waals surface area contributed by atoms with Gasteiger partial charge < -0.3 is 0 Å². The van der Waals surface area contributed by atoms with Crippen LogP contribution in [0.3, 0.4) is 0 Å². The first kappa shape index (κ1) is 14.0. The Morgan fingerprint density at radius 1 is 1.06 bits per heavy atom. The second-order valence-corrected chi connectivity index (χ2v) is 5.26. The predicted molar refractivity (Wildman–Crippen MR) is 73.6 cm³/mol. The fraction of sp³-hybridized carbons (Fsp3) is 0.562. The van der Waals surface area contributed by atoms with Gasteiger partial charge in [-0.2, -0.15) is 0 Å². The Labute approximate surface area is 105 Å². The number of rotatable bonds is 5. The third-order valence-corrected chi connectivity index (χ3v) is 3.73.